The molecule has 116 valence electrons. The number of nitrogens with one attached hydrogen (secondary N) is 1. The second-order valence-corrected chi connectivity index (χ2v) is 5.07. The molecule has 0 aliphatic rings. The van der Waals surface area contributed by atoms with Crippen LogP contribution in [0.25, 0.3) is 0 Å². The van der Waals surface area contributed by atoms with Gasteiger partial charge in [-0.3, -0.25) is 4.79 Å². The predicted molar refractivity (Wildman–Crippen MR) is 84.2 cm³/mol. The van der Waals surface area contributed by atoms with Crippen LogP contribution in [0.4, 0.5) is 5.82 Å². The number of carbonyl (C=O) groups is 1. The minimum Gasteiger partial charge on any atom is -0.497 e. The number of carbonyl (C=O) groups excluding carboxylic acids is 1. The highest BCUT2D eigenvalue weighted by Gasteiger charge is 2.13. The van der Waals surface area contributed by atoms with Crippen LogP contribution in [0.3, 0.4) is 0 Å². The van der Waals surface area contributed by atoms with Gasteiger partial charge in [-0.2, -0.15) is 0 Å². The standard InChI is InChI=1S/C16H20N4O2/c1-11(9-12-3-5-13(22-2)6-4-12)16(21)19-10-15-18-8-7-14(17)20-15/h3-8,11H,9-10H2,1-2H3,(H,19,21)(H2,17,18,20). The van der Waals surface area contributed by atoms with E-state index in [1.807, 2.05) is 31.2 Å². The second kappa shape index (κ2) is 7.40. The Labute approximate surface area is 129 Å². The Morgan fingerprint density at radius 3 is 2.68 bits per heavy atom. The molecular weight excluding hydrogens is 280 g/mol. The highest BCUT2D eigenvalue weighted by atomic mass is 16.5. The maximum absolute atomic E-state index is 12.1. The summed E-state index contributed by atoms with van der Waals surface area (Å²) in [5, 5.41) is 2.82. The Hall–Kier alpha value is -2.63. The third-order valence-electron chi connectivity index (χ3n) is 3.30. The minimum atomic E-state index is -0.144. The fraction of sp³-hybridized carbons (Fsp3) is 0.312. The fourth-order valence-corrected chi connectivity index (χ4v) is 2.05. The molecule has 1 atom stereocenters. The van der Waals surface area contributed by atoms with Crippen molar-refractivity contribution in [2.24, 2.45) is 5.92 Å². The summed E-state index contributed by atoms with van der Waals surface area (Å²) in [6.07, 6.45) is 2.23. The van der Waals surface area contributed by atoms with E-state index < -0.39 is 0 Å². The Morgan fingerprint density at radius 1 is 1.32 bits per heavy atom. The molecule has 6 heteroatoms. The maximum Gasteiger partial charge on any atom is 0.223 e. The van der Waals surface area contributed by atoms with Crippen molar-refractivity contribution in [1.82, 2.24) is 15.3 Å². The number of methoxy groups -OCH3 is 1. The van der Waals surface area contributed by atoms with Crippen molar-refractivity contribution in [1.29, 1.82) is 0 Å². The van der Waals surface area contributed by atoms with Gasteiger partial charge < -0.3 is 15.8 Å². The van der Waals surface area contributed by atoms with E-state index in [1.165, 1.54) is 0 Å². The molecule has 0 saturated heterocycles. The van der Waals surface area contributed by atoms with Gasteiger partial charge in [-0.1, -0.05) is 19.1 Å². The van der Waals surface area contributed by atoms with Crippen LogP contribution in [-0.4, -0.2) is 23.0 Å². The zero-order chi connectivity index (χ0) is 15.9. The van der Waals surface area contributed by atoms with Crippen molar-refractivity contribution in [3.63, 3.8) is 0 Å². The summed E-state index contributed by atoms with van der Waals surface area (Å²) >= 11 is 0. The molecule has 0 spiro atoms. The van der Waals surface area contributed by atoms with Crippen molar-refractivity contribution < 1.29 is 9.53 Å². The molecule has 0 aliphatic heterocycles. The molecule has 1 unspecified atom stereocenters. The van der Waals surface area contributed by atoms with Crippen LogP contribution in [0.1, 0.15) is 18.3 Å². The van der Waals surface area contributed by atoms with E-state index in [0.29, 0.717) is 18.1 Å². The number of anilines is 1. The summed E-state index contributed by atoms with van der Waals surface area (Å²) < 4.78 is 5.12. The number of aromatic nitrogens is 2. The third-order valence-corrected chi connectivity index (χ3v) is 3.30. The first-order chi connectivity index (χ1) is 10.6. The topological polar surface area (TPSA) is 90.1 Å². The summed E-state index contributed by atoms with van der Waals surface area (Å²) in [5.41, 5.74) is 6.66. The summed E-state index contributed by atoms with van der Waals surface area (Å²) in [5.74, 6) is 1.52. The van der Waals surface area contributed by atoms with Crippen LogP contribution in [0.2, 0.25) is 0 Å². The van der Waals surface area contributed by atoms with Gasteiger partial charge in [-0.25, -0.2) is 9.97 Å². The number of ether oxygens (including phenoxy) is 1. The lowest BCUT2D eigenvalue weighted by molar-refractivity contribution is -0.124. The summed E-state index contributed by atoms with van der Waals surface area (Å²) in [6, 6.07) is 9.31. The van der Waals surface area contributed by atoms with Gasteiger partial charge >= 0.3 is 0 Å². The van der Waals surface area contributed by atoms with Crippen molar-refractivity contribution in [3.8, 4) is 5.75 Å². The number of amides is 1. The zero-order valence-corrected chi connectivity index (χ0v) is 12.7. The number of benzene rings is 1. The normalized spacial score (nSPS) is 11.7. The average Bonchev–Trinajstić information content (AvgIpc) is 2.53. The number of nitrogens with two attached hydrogens (primary N) is 1. The maximum atomic E-state index is 12.1. The summed E-state index contributed by atoms with van der Waals surface area (Å²) in [4.78, 5) is 20.2. The van der Waals surface area contributed by atoms with E-state index in [0.717, 1.165) is 11.3 Å². The highest BCUT2D eigenvalue weighted by molar-refractivity contribution is 5.78. The van der Waals surface area contributed by atoms with E-state index in [4.69, 9.17) is 10.5 Å². The lowest BCUT2D eigenvalue weighted by Gasteiger charge is -2.12. The molecule has 22 heavy (non-hydrogen) atoms. The van der Waals surface area contributed by atoms with Gasteiger partial charge in [-0.15, -0.1) is 0 Å². The van der Waals surface area contributed by atoms with Gasteiger partial charge in [0.25, 0.3) is 0 Å². The highest BCUT2D eigenvalue weighted by Crippen LogP contribution is 2.14. The van der Waals surface area contributed by atoms with Crippen molar-refractivity contribution in [2.45, 2.75) is 19.9 Å². The minimum absolute atomic E-state index is 0.0400. The van der Waals surface area contributed by atoms with E-state index >= 15 is 0 Å². The number of rotatable bonds is 6. The van der Waals surface area contributed by atoms with Crippen molar-refractivity contribution in [2.75, 3.05) is 12.8 Å². The molecule has 1 amide bonds. The van der Waals surface area contributed by atoms with Crippen molar-refractivity contribution in [3.05, 3.63) is 47.9 Å². The monoisotopic (exact) mass is 300 g/mol. The molecule has 0 bridgehead atoms. The Kier molecular flexibility index (Phi) is 5.30. The van der Waals surface area contributed by atoms with E-state index in [2.05, 4.69) is 15.3 Å². The molecule has 2 aromatic rings. The van der Waals surface area contributed by atoms with Crippen molar-refractivity contribution >= 4 is 11.7 Å². The molecular formula is C16H20N4O2. The first-order valence-corrected chi connectivity index (χ1v) is 7.06. The van der Waals surface area contributed by atoms with Crippen LogP contribution in [-0.2, 0) is 17.8 Å². The molecule has 1 aromatic heterocycles. The van der Waals surface area contributed by atoms with Crippen LogP contribution < -0.4 is 15.8 Å². The van der Waals surface area contributed by atoms with Crippen LogP contribution in [0, 0.1) is 5.92 Å². The van der Waals surface area contributed by atoms with Crippen LogP contribution in [0.15, 0.2) is 36.5 Å². The predicted octanol–water partition coefficient (Wildman–Crippen LogP) is 1.56. The summed E-state index contributed by atoms with van der Waals surface area (Å²) in [6.45, 7) is 2.16. The molecule has 0 fully saturated rings. The second-order valence-electron chi connectivity index (χ2n) is 5.07. The van der Waals surface area contributed by atoms with Crippen LogP contribution in [0.5, 0.6) is 5.75 Å². The lowest BCUT2D eigenvalue weighted by atomic mass is 10.0. The number of hydrogen-bond acceptors (Lipinski definition) is 5. The molecule has 2 rings (SSSR count). The molecule has 0 aliphatic carbocycles. The van der Waals surface area contributed by atoms with Gasteiger partial charge in [-0.05, 0) is 30.2 Å². The Balaban J connectivity index is 1.86. The molecule has 3 N–H and O–H groups in total. The molecule has 1 aromatic carbocycles. The molecule has 6 nitrogen and oxygen atoms in total. The zero-order valence-electron chi connectivity index (χ0n) is 12.7. The Morgan fingerprint density at radius 2 is 2.05 bits per heavy atom. The smallest absolute Gasteiger partial charge is 0.223 e. The first kappa shape index (κ1) is 15.8. The van der Waals surface area contributed by atoms with Gasteiger partial charge in [0.05, 0.1) is 13.7 Å². The van der Waals surface area contributed by atoms with Gasteiger partial charge in [0.15, 0.2) is 0 Å². The van der Waals surface area contributed by atoms with E-state index in [9.17, 15) is 4.79 Å². The van der Waals surface area contributed by atoms with E-state index in [-0.39, 0.29) is 18.4 Å². The average molecular weight is 300 g/mol. The summed E-state index contributed by atoms with van der Waals surface area (Å²) in [7, 11) is 1.63. The fourth-order valence-electron chi connectivity index (χ4n) is 2.05. The largest absolute Gasteiger partial charge is 0.497 e. The quantitative estimate of drug-likeness (QED) is 0.845. The number of nitrogen functional groups attached to an aromatic ring is 1. The van der Waals surface area contributed by atoms with Crippen LogP contribution >= 0.6 is 0 Å². The molecule has 1 heterocycles. The first-order valence-electron chi connectivity index (χ1n) is 7.06. The lowest BCUT2D eigenvalue weighted by Crippen LogP contribution is -2.30. The van der Waals surface area contributed by atoms with Gasteiger partial charge in [0, 0.05) is 12.1 Å². The molecule has 0 radical (unpaired) electrons. The third kappa shape index (κ3) is 4.44. The number of nitrogens with zero attached hydrogens (tertiary/aromatic N) is 2. The number of hydrogen-bond donors (Lipinski definition) is 2. The van der Waals surface area contributed by atoms with Gasteiger partial charge in [0.1, 0.15) is 17.4 Å². The van der Waals surface area contributed by atoms with E-state index in [1.54, 1.807) is 19.4 Å². The van der Waals surface area contributed by atoms with Gasteiger partial charge in [0.2, 0.25) is 5.91 Å². The SMILES string of the molecule is COc1ccc(CC(C)C(=O)NCc2nccc(N)n2)cc1. The Bertz CT molecular complexity index is 628. The molecule has 0 saturated carbocycles.